The van der Waals surface area contributed by atoms with E-state index in [1.807, 2.05) is 36.4 Å². The van der Waals surface area contributed by atoms with Crippen LogP contribution in [0.4, 0.5) is 11.5 Å². The van der Waals surface area contributed by atoms with Crippen LogP contribution in [-0.2, 0) is 4.79 Å². The molecule has 1 aliphatic rings. The smallest absolute Gasteiger partial charge is 0.333 e. The summed E-state index contributed by atoms with van der Waals surface area (Å²) in [5.41, 5.74) is 1.56. The molecule has 0 amide bonds. The van der Waals surface area contributed by atoms with Crippen LogP contribution >= 0.6 is 23.1 Å². The van der Waals surface area contributed by atoms with Crippen LogP contribution in [0.25, 0.3) is 21.5 Å². The van der Waals surface area contributed by atoms with Crippen molar-refractivity contribution >= 4 is 57.2 Å². The van der Waals surface area contributed by atoms with E-state index in [4.69, 9.17) is 21.1 Å². The standard InChI is InChI=1S/C24H20ClN5O5S/c1-24(12-31,23(32)33)27-11-14-10-26-20-21(30-36-22(20)28-14)29-16-4-2-3-15(19(16)25)13-5-6-17-18(9-13)35-8-7-34-17/h2-6,9-11,31H,7-8,12H2,1H3,(H,29,30)(H,32,33). The fourth-order valence-corrected chi connectivity index (χ4v) is 4.42. The summed E-state index contributed by atoms with van der Waals surface area (Å²) in [7, 11) is 0. The zero-order valence-corrected chi connectivity index (χ0v) is 20.5. The van der Waals surface area contributed by atoms with Crippen LogP contribution in [0.15, 0.2) is 47.6 Å². The van der Waals surface area contributed by atoms with E-state index < -0.39 is 18.1 Å². The molecule has 3 N–H and O–H groups in total. The molecular weight excluding hydrogens is 506 g/mol. The summed E-state index contributed by atoms with van der Waals surface area (Å²) in [5.74, 6) is 0.625. The van der Waals surface area contributed by atoms with Crippen molar-refractivity contribution in [2.75, 3.05) is 25.1 Å². The Bertz CT molecular complexity index is 1490. The zero-order valence-electron chi connectivity index (χ0n) is 18.9. The first kappa shape index (κ1) is 23.9. The van der Waals surface area contributed by atoms with Crippen LogP contribution in [0.3, 0.4) is 0 Å². The van der Waals surface area contributed by atoms with Crippen LogP contribution in [0.2, 0.25) is 5.02 Å². The summed E-state index contributed by atoms with van der Waals surface area (Å²) in [6.45, 7) is 1.69. The van der Waals surface area contributed by atoms with E-state index >= 15 is 0 Å². The number of aliphatic imine (C=N–C) groups is 1. The van der Waals surface area contributed by atoms with Crippen LogP contribution in [0.5, 0.6) is 11.5 Å². The van der Waals surface area contributed by atoms with Crippen molar-refractivity contribution in [3.63, 3.8) is 0 Å². The summed E-state index contributed by atoms with van der Waals surface area (Å²) < 4.78 is 15.7. The lowest BCUT2D eigenvalue weighted by molar-refractivity contribution is -0.143. The quantitative estimate of drug-likeness (QED) is 0.303. The van der Waals surface area contributed by atoms with Gasteiger partial charge < -0.3 is 25.0 Å². The Labute approximate surface area is 214 Å². The third-order valence-electron chi connectivity index (χ3n) is 5.56. The number of fused-ring (bicyclic) bond motifs is 2. The number of halogens is 1. The minimum Gasteiger partial charge on any atom is -0.486 e. The Kier molecular flexibility index (Phi) is 6.44. The first-order valence-electron chi connectivity index (χ1n) is 10.9. The second-order valence-corrected chi connectivity index (χ2v) is 9.26. The van der Waals surface area contributed by atoms with Crippen molar-refractivity contribution in [2.45, 2.75) is 12.5 Å². The molecule has 0 fully saturated rings. The molecule has 10 nitrogen and oxygen atoms in total. The lowest BCUT2D eigenvalue weighted by Gasteiger charge is -2.19. The number of rotatable bonds is 7. The molecule has 2 aromatic carbocycles. The number of benzene rings is 2. The van der Waals surface area contributed by atoms with E-state index in [9.17, 15) is 15.0 Å². The predicted octanol–water partition coefficient (Wildman–Crippen LogP) is 4.18. The normalized spacial score (nSPS) is 14.6. The third kappa shape index (κ3) is 4.55. The molecule has 0 saturated carbocycles. The molecular formula is C24H20ClN5O5S. The fraction of sp³-hybridized carbons (Fsp3) is 0.208. The van der Waals surface area contributed by atoms with E-state index in [0.717, 1.165) is 22.7 Å². The molecule has 5 rings (SSSR count). The van der Waals surface area contributed by atoms with Gasteiger partial charge in [0.1, 0.15) is 24.4 Å². The molecule has 1 atom stereocenters. The largest absolute Gasteiger partial charge is 0.486 e. The molecule has 3 heterocycles. The third-order valence-corrected chi connectivity index (χ3v) is 6.70. The number of aromatic nitrogens is 3. The summed E-state index contributed by atoms with van der Waals surface area (Å²) in [6, 6.07) is 11.3. The van der Waals surface area contributed by atoms with Crippen LogP contribution in [-0.4, -0.2) is 62.1 Å². The number of anilines is 2. The number of aliphatic carboxylic acids is 1. The number of carbonyl (C=O) groups is 1. The van der Waals surface area contributed by atoms with Gasteiger partial charge in [-0.3, -0.25) is 4.99 Å². The number of carboxylic acid groups (broad SMARTS) is 1. The Morgan fingerprint density at radius 3 is 2.86 bits per heavy atom. The maximum atomic E-state index is 11.3. The number of ether oxygens (including phenoxy) is 2. The predicted molar refractivity (Wildman–Crippen MR) is 137 cm³/mol. The highest BCUT2D eigenvalue weighted by Gasteiger charge is 2.31. The van der Waals surface area contributed by atoms with Gasteiger partial charge in [0.25, 0.3) is 0 Å². The first-order valence-corrected chi connectivity index (χ1v) is 12.0. The molecule has 12 heteroatoms. The van der Waals surface area contributed by atoms with Crippen molar-refractivity contribution in [3.05, 3.63) is 53.3 Å². The molecule has 0 spiro atoms. The van der Waals surface area contributed by atoms with Gasteiger partial charge in [0.05, 0.1) is 29.7 Å². The topological polar surface area (TPSA) is 139 Å². The summed E-state index contributed by atoms with van der Waals surface area (Å²) >= 11 is 7.89. The van der Waals surface area contributed by atoms with Gasteiger partial charge in [-0.25, -0.2) is 14.8 Å². The van der Waals surface area contributed by atoms with Crippen LogP contribution in [0, 0.1) is 0 Å². The highest BCUT2D eigenvalue weighted by molar-refractivity contribution is 7.13. The van der Waals surface area contributed by atoms with E-state index in [1.165, 1.54) is 19.3 Å². The summed E-state index contributed by atoms with van der Waals surface area (Å²) in [4.78, 5) is 24.7. The average Bonchev–Trinajstić information content (AvgIpc) is 3.30. The van der Waals surface area contributed by atoms with Gasteiger partial charge in [-0.15, -0.1) is 0 Å². The van der Waals surface area contributed by atoms with Crippen molar-refractivity contribution < 1.29 is 24.5 Å². The molecule has 0 saturated heterocycles. The molecule has 36 heavy (non-hydrogen) atoms. The molecule has 1 aliphatic heterocycles. The molecule has 0 aliphatic carbocycles. The molecule has 184 valence electrons. The van der Waals surface area contributed by atoms with Gasteiger partial charge in [-0.2, -0.15) is 4.37 Å². The van der Waals surface area contributed by atoms with Gasteiger partial charge >= 0.3 is 5.97 Å². The Morgan fingerprint density at radius 2 is 2.08 bits per heavy atom. The van der Waals surface area contributed by atoms with E-state index in [-0.39, 0.29) is 0 Å². The van der Waals surface area contributed by atoms with Crippen molar-refractivity contribution in [1.82, 2.24) is 14.3 Å². The second-order valence-electron chi connectivity index (χ2n) is 8.13. The first-order chi connectivity index (χ1) is 17.4. The number of aliphatic hydroxyl groups is 1. The number of aliphatic hydroxyl groups excluding tert-OH is 1. The van der Waals surface area contributed by atoms with E-state index in [0.29, 0.717) is 57.3 Å². The van der Waals surface area contributed by atoms with Gasteiger partial charge in [-0.05, 0) is 42.2 Å². The maximum absolute atomic E-state index is 11.3. The van der Waals surface area contributed by atoms with E-state index in [2.05, 4.69) is 24.7 Å². The summed E-state index contributed by atoms with van der Waals surface area (Å²) in [6.07, 6.45) is 2.73. The fourth-order valence-electron chi connectivity index (χ4n) is 3.45. The minimum atomic E-state index is -1.66. The lowest BCUT2D eigenvalue weighted by atomic mass is 10.0. The number of hydrogen-bond acceptors (Lipinski definition) is 10. The van der Waals surface area contributed by atoms with Crippen LogP contribution < -0.4 is 14.8 Å². The Morgan fingerprint density at radius 1 is 1.28 bits per heavy atom. The number of nitrogens with zero attached hydrogens (tertiary/aromatic N) is 4. The number of carboxylic acids is 1. The SMILES string of the molecule is CC(CO)(N=Cc1cnc2c(Nc3cccc(-c4ccc5c(c4)OCCO5)c3Cl)nsc2n1)C(=O)O. The molecule has 1 unspecified atom stereocenters. The van der Waals surface area contributed by atoms with Crippen molar-refractivity contribution in [2.24, 2.45) is 4.99 Å². The Hall–Kier alpha value is -3.80. The minimum absolute atomic E-state index is 0.345. The average molecular weight is 526 g/mol. The monoisotopic (exact) mass is 525 g/mol. The molecule has 2 aromatic heterocycles. The zero-order chi connectivity index (χ0) is 25.3. The maximum Gasteiger partial charge on any atom is 0.333 e. The lowest BCUT2D eigenvalue weighted by Crippen LogP contribution is -2.37. The van der Waals surface area contributed by atoms with Gasteiger partial charge in [0, 0.05) is 5.56 Å². The highest BCUT2D eigenvalue weighted by atomic mass is 35.5. The van der Waals surface area contributed by atoms with E-state index in [1.54, 1.807) is 0 Å². The van der Waals surface area contributed by atoms with Crippen molar-refractivity contribution in [1.29, 1.82) is 0 Å². The molecule has 4 aromatic rings. The van der Waals surface area contributed by atoms with Crippen LogP contribution in [0.1, 0.15) is 12.6 Å². The summed E-state index contributed by atoms with van der Waals surface area (Å²) in [5, 5.41) is 22.3. The van der Waals surface area contributed by atoms with Gasteiger partial charge in [0.2, 0.25) is 0 Å². The van der Waals surface area contributed by atoms with Gasteiger partial charge in [0.15, 0.2) is 27.7 Å². The molecule has 0 radical (unpaired) electrons. The van der Waals surface area contributed by atoms with Gasteiger partial charge in [-0.1, -0.05) is 29.8 Å². The second kappa shape index (κ2) is 9.69. The Balaban J connectivity index is 1.41. The number of hydrogen-bond donors (Lipinski definition) is 3. The van der Waals surface area contributed by atoms with Crippen molar-refractivity contribution in [3.8, 4) is 22.6 Å². The molecule has 0 bridgehead atoms. The number of nitrogens with one attached hydrogen (secondary N) is 1. The highest BCUT2D eigenvalue weighted by Crippen LogP contribution is 2.40.